The lowest BCUT2D eigenvalue weighted by Gasteiger charge is -2.12. The summed E-state index contributed by atoms with van der Waals surface area (Å²) in [7, 11) is 0. The fourth-order valence-corrected chi connectivity index (χ4v) is 1.91. The van der Waals surface area contributed by atoms with Crippen LogP contribution in [0.2, 0.25) is 0 Å². The highest BCUT2D eigenvalue weighted by Gasteiger charge is 2.30. The minimum absolute atomic E-state index is 0.0248. The molecule has 0 bridgehead atoms. The molecule has 1 heterocycles. The molecule has 1 aliphatic carbocycles. The van der Waals surface area contributed by atoms with E-state index in [4.69, 9.17) is 4.74 Å². The number of cyclic esters (lactones) is 1. The van der Waals surface area contributed by atoms with Gasteiger partial charge < -0.3 is 4.74 Å². The van der Waals surface area contributed by atoms with Gasteiger partial charge in [0.15, 0.2) is 5.78 Å². The third-order valence-electron chi connectivity index (χ3n) is 2.70. The summed E-state index contributed by atoms with van der Waals surface area (Å²) < 4.78 is 4.95. The molecule has 15 heavy (non-hydrogen) atoms. The van der Waals surface area contributed by atoms with E-state index < -0.39 is 0 Å². The van der Waals surface area contributed by atoms with Crippen molar-refractivity contribution >= 4 is 11.8 Å². The van der Waals surface area contributed by atoms with Crippen LogP contribution < -0.4 is 0 Å². The molecule has 0 radical (unpaired) electrons. The van der Waals surface area contributed by atoms with Crippen LogP contribution in [0.15, 0.2) is 35.5 Å². The van der Waals surface area contributed by atoms with E-state index in [0.29, 0.717) is 12.0 Å². The third-order valence-corrected chi connectivity index (χ3v) is 2.70. The van der Waals surface area contributed by atoms with Crippen molar-refractivity contribution in [2.45, 2.75) is 13.3 Å². The van der Waals surface area contributed by atoms with E-state index in [-0.39, 0.29) is 24.3 Å². The van der Waals surface area contributed by atoms with E-state index in [1.807, 2.05) is 19.1 Å². The normalized spacial score (nSPS) is 25.0. The number of ether oxygens (including phenoxy) is 1. The molecule has 0 spiro atoms. The zero-order valence-corrected chi connectivity index (χ0v) is 8.53. The third kappa shape index (κ3) is 1.65. The Morgan fingerprint density at radius 2 is 2.20 bits per heavy atom. The summed E-state index contributed by atoms with van der Waals surface area (Å²) in [6.45, 7) is 2.16. The van der Waals surface area contributed by atoms with Gasteiger partial charge in [-0.05, 0) is 18.1 Å². The fourth-order valence-electron chi connectivity index (χ4n) is 1.91. The van der Waals surface area contributed by atoms with Gasteiger partial charge in [-0.1, -0.05) is 25.2 Å². The van der Waals surface area contributed by atoms with E-state index in [0.717, 1.165) is 5.57 Å². The Morgan fingerprint density at radius 1 is 1.40 bits per heavy atom. The summed E-state index contributed by atoms with van der Waals surface area (Å²) in [6.07, 6.45) is 7.51. The quantitative estimate of drug-likeness (QED) is 0.641. The zero-order valence-electron chi connectivity index (χ0n) is 8.53. The highest BCUT2D eigenvalue weighted by molar-refractivity contribution is 6.00. The molecule has 0 amide bonds. The molecule has 0 fully saturated rings. The largest absolute Gasteiger partial charge is 0.458 e. The summed E-state index contributed by atoms with van der Waals surface area (Å²) >= 11 is 0. The van der Waals surface area contributed by atoms with Crippen molar-refractivity contribution in [2.24, 2.45) is 5.92 Å². The number of rotatable bonds is 2. The Morgan fingerprint density at radius 3 is 2.87 bits per heavy atom. The molecule has 1 unspecified atom stereocenters. The fraction of sp³-hybridized carbons (Fsp3) is 0.333. The molecule has 0 saturated carbocycles. The maximum atomic E-state index is 11.6. The first-order chi connectivity index (χ1) is 7.24. The first-order valence-corrected chi connectivity index (χ1v) is 5.01. The monoisotopic (exact) mass is 204 g/mol. The number of hydrogen-bond acceptors (Lipinski definition) is 3. The van der Waals surface area contributed by atoms with Gasteiger partial charge in [-0.3, -0.25) is 4.79 Å². The number of allylic oxidation sites excluding steroid dienone is 4. The lowest BCUT2D eigenvalue weighted by molar-refractivity contribution is -0.136. The molecule has 0 aromatic rings. The number of hydrogen-bond donors (Lipinski definition) is 0. The summed E-state index contributed by atoms with van der Waals surface area (Å²) in [5.74, 6) is -0.545. The van der Waals surface area contributed by atoms with Crippen molar-refractivity contribution in [3.05, 3.63) is 35.5 Å². The molecular weight excluding hydrogens is 192 g/mol. The Hall–Kier alpha value is -1.64. The van der Waals surface area contributed by atoms with E-state index in [1.54, 1.807) is 6.08 Å². The molecule has 2 aliphatic rings. The summed E-state index contributed by atoms with van der Waals surface area (Å²) in [5, 5.41) is 0. The number of carbonyl (C=O) groups excluding carboxylic acids is 2. The molecule has 78 valence electrons. The first-order valence-electron chi connectivity index (χ1n) is 5.01. The maximum absolute atomic E-state index is 11.6. The highest BCUT2D eigenvalue weighted by Crippen LogP contribution is 2.28. The molecule has 0 aromatic heterocycles. The number of esters is 1. The Bertz CT molecular complexity index is 399. The van der Waals surface area contributed by atoms with E-state index in [2.05, 4.69) is 0 Å². The van der Waals surface area contributed by atoms with Gasteiger partial charge in [-0.25, -0.2) is 4.79 Å². The second kappa shape index (κ2) is 3.85. The van der Waals surface area contributed by atoms with Crippen molar-refractivity contribution in [1.82, 2.24) is 0 Å². The second-order valence-electron chi connectivity index (χ2n) is 3.56. The lowest BCUT2D eigenvalue weighted by Crippen LogP contribution is -2.16. The SMILES string of the molecule is CCC1=C(C2C=CC=CC2=O)COC1=O. The average molecular weight is 204 g/mol. The highest BCUT2D eigenvalue weighted by atomic mass is 16.5. The molecule has 1 atom stereocenters. The van der Waals surface area contributed by atoms with Crippen LogP contribution in [0.4, 0.5) is 0 Å². The standard InChI is InChI=1S/C12H12O3/c1-2-8-10(7-15-12(8)14)9-5-3-4-6-11(9)13/h3-6,9H,2,7H2,1H3. The molecule has 2 rings (SSSR count). The van der Waals surface area contributed by atoms with Gasteiger partial charge in [0.05, 0.1) is 5.92 Å². The van der Waals surface area contributed by atoms with E-state index in [9.17, 15) is 9.59 Å². The Kier molecular flexibility index (Phi) is 2.54. The van der Waals surface area contributed by atoms with Gasteiger partial charge >= 0.3 is 5.97 Å². The van der Waals surface area contributed by atoms with Crippen LogP contribution >= 0.6 is 0 Å². The molecule has 3 heteroatoms. The molecule has 0 saturated heterocycles. The lowest BCUT2D eigenvalue weighted by atomic mass is 9.88. The van der Waals surface area contributed by atoms with Crippen LogP contribution in [0.25, 0.3) is 0 Å². The van der Waals surface area contributed by atoms with Gasteiger partial charge in [-0.15, -0.1) is 0 Å². The summed E-state index contributed by atoms with van der Waals surface area (Å²) in [4.78, 5) is 22.9. The molecule has 0 N–H and O–H groups in total. The topological polar surface area (TPSA) is 43.4 Å². The summed E-state index contributed by atoms with van der Waals surface area (Å²) in [6, 6.07) is 0. The predicted molar refractivity (Wildman–Crippen MR) is 55.1 cm³/mol. The van der Waals surface area contributed by atoms with Gasteiger partial charge in [0.2, 0.25) is 0 Å². The number of ketones is 1. The van der Waals surface area contributed by atoms with Gasteiger partial charge in [-0.2, -0.15) is 0 Å². The van der Waals surface area contributed by atoms with E-state index >= 15 is 0 Å². The zero-order chi connectivity index (χ0) is 10.8. The van der Waals surface area contributed by atoms with Crippen LogP contribution in [-0.4, -0.2) is 18.4 Å². The second-order valence-corrected chi connectivity index (χ2v) is 3.56. The van der Waals surface area contributed by atoms with Gasteiger partial charge in [0.1, 0.15) is 6.61 Å². The number of carbonyl (C=O) groups is 2. The molecular formula is C12H12O3. The first kappa shape index (κ1) is 9.90. The molecule has 1 aliphatic heterocycles. The van der Waals surface area contributed by atoms with Crippen LogP contribution in [0, 0.1) is 5.92 Å². The smallest absolute Gasteiger partial charge is 0.334 e. The van der Waals surface area contributed by atoms with Gasteiger partial charge in [0.25, 0.3) is 0 Å². The van der Waals surface area contributed by atoms with Crippen LogP contribution in [0.5, 0.6) is 0 Å². The van der Waals surface area contributed by atoms with Gasteiger partial charge in [0, 0.05) is 5.57 Å². The molecule has 3 nitrogen and oxygen atoms in total. The van der Waals surface area contributed by atoms with Crippen molar-refractivity contribution in [3.63, 3.8) is 0 Å². The van der Waals surface area contributed by atoms with Crippen LogP contribution in [0.1, 0.15) is 13.3 Å². The van der Waals surface area contributed by atoms with Crippen molar-refractivity contribution in [3.8, 4) is 0 Å². The van der Waals surface area contributed by atoms with Crippen LogP contribution in [0.3, 0.4) is 0 Å². The predicted octanol–water partition coefficient (Wildman–Crippen LogP) is 1.56. The maximum Gasteiger partial charge on any atom is 0.334 e. The average Bonchev–Trinajstić information content (AvgIpc) is 2.60. The van der Waals surface area contributed by atoms with Crippen LogP contribution in [-0.2, 0) is 14.3 Å². The van der Waals surface area contributed by atoms with Crippen molar-refractivity contribution in [1.29, 1.82) is 0 Å². The minimum atomic E-state index is -0.295. The van der Waals surface area contributed by atoms with E-state index in [1.165, 1.54) is 6.08 Å². The minimum Gasteiger partial charge on any atom is -0.458 e. The summed E-state index contributed by atoms with van der Waals surface area (Å²) in [5.41, 5.74) is 1.49. The van der Waals surface area contributed by atoms with Crippen molar-refractivity contribution < 1.29 is 14.3 Å². The van der Waals surface area contributed by atoms with Crippen molar-refractivity contribution in [2.75, 3.05) is 6.61 Å². The Balaban J connectivity index is 2.34. The molecule has 0 aromatic carbocycles. The Labute approximate surface area is 88.1 Å².